The number of anilines is 1. The Kier molecular flexibility index (Phi) is 5.35. The van der Waals surface area contributed by atoms with E-state index in [1.807, 2.05) is 13.8 Å². The van der Waals surface area contributed by atoms with Gasteiger partial charge in [-0.2, -0.15) is 0 Å². The molecular weight excluding hydrogens is 324 g/mol. The number of benzene rings is 1. The predicted octanol–water partition coefficient (Wildman–Crippen LogP) is 4.07. The molecule has 128 valence electrons. The molecule has 6 heteroatoms. The lowest BCUT2D eigenvalue weighted by Crippen LogP contribution is -2.12. The monoisotopic (exact) mass is 346 g/mol. The fourth-order valence-electron chi connectivity index (χ4n) is 2.66. The molecule has 0 bridgehead atoms. The Morgan fingerprint density at radius 3 is 2.88 bits per heavy atom. The zero-order valence-electron chi connectivity index (χ0n) is 14.1. The van der Waals surface area contributed by atoms with E-state index in [1.54, 1.807) is 29.5 Å². The van der Waals surface area contributed by atoms with E-state index in [-0.39, 0.29) is 5.91 Å². The summed E-state index contributed by atoms with van der Waals surface area (Å²) in [5.41, 5.74) is 1.67. The highest BCUT2D eigenvalue weighted by atomic mass is 32.1. The second-order valence-electron chi connectivity index (χ2n) is 5.64. The highest BCUT2D eigenvalue weighted by Crippen LogP contribution is 2.32. The first-order valence-corrected chi connectivity index (χ1v) is 9.22. The molecule has 3 rings (SSSR count). The minimum absolute atomic E-state index is 0.176. The van der Waals surface area contributed by atoms with Crippen molar-refractivity contribution in [3.63, 3.8) is 0 Å². The Morgan fingerprint density at radius 2 is 2.12 bits per heavy atom. The summed E-state index contributed by atoms with van der Waals surface area (Å²) in [6, 6.07) is 5.27. The van der Waals surface area contributed by atoms with Gasteiger partial charge in [-0.1, -0.05) is 6.92 Å². The number of carbonyl (C=O) groups excluding carboxylic acids is 1. The fourth-order valence-corrected chi connectivity index (χ4v) is 3.71. The van der Waals surface area contributed by atoms with Gasteiger partial charge in [-0.15, -0.1) is 11.3 Å². The molecule has 0 fully saturated rings. The molecule has 1 aromatic heterocycles. The minimum Gasteiger partial charge on any atom is -0.490 e. The van der Waals surface area contributed by atoms with Crippen molar-refractivity contribution in [1.82, 2.24) is 4.98 Å². The molecule has 1 amide bonds. The molecule has 1 aromatic carbocycles. The average Bonchev–Trinajstić information content (AvgIpc) is 3.15. The van der Waals surface area contributed by atoms with Crippen LogP contribution in [0, 0.1) is 0 Å². The van der Waals surface area contributed by atoms with Gasteiger partial charge in [0.15, 0.2) is 16.6 Å². The van der Waals surface area contributed by atoms with Crippen molar-refractivity contribution in [2.24, 2.45) is 0 Å². The number of thiazole rings is 1. The number of aromatic nitrogens is 1. The molecule has 1 heterocycles. The van der Waals surface area contributed by atoms with Gasteiger partial charge in [0, 0.05) is 10.4 Å². The lowest BCUT2D eigenvalue weighted by atomic mass is 10.2. The van der Waals surface area contributed by atoms with Crippen molar-refractivity contribution in [1.29, 1.82) is 0 Å². The number of nitrogens with one attached hydrogen (secondary N) is 1. The second kappa shape index (κ2) is 7.66. The summed E-state index contributed by atoms with van der Waals surface area (Å²) in [4.78, 5) is 18.3. The van der Waals surface area contributed by atoms with Gasteiger partial charge in [-0.3, -0.25) is 10.1 Å². The van der Waals surface area contributed by atoms with Crippen LogP contribution in [0.3, 0.4) is 0 Å². The first-order valence-electron chi connectivity index (χ1n) is 8.40. The van der Waals surface area contributed by atoms with Gasteiger partial charge in [0.2, 0.25) is 0 Å². The quantitative estimate of drug-likeness (QED) is 0.821. The number of hydrogen-bond donors (Lipinski definition) is 1. The summed E-state index contributed by atoms with van der Waals surface area (Å²) >= 11 is 1.57. The average molecular weight is 346 g/mol. The molecule has 0 spiro atoms. The highest BCUT2D eigenvalue weighted by Gasteiger charge is 2.19. The molecular formula is C18H22N2O3S. The van der Waals surface area contributed by atoms with E-state index in [9.17, 15) is 4.79 Å². The zero-order valence-corrected chi connectivity index (χ0v) is 14.9. The Labute approximate surface area is 146 Å². The van der Waals surface area contributed by atoms with Gasteiger partial charge < -0.3 is 9.47 Å². The number of rotatable bonds is 7. The Bertz CT molecular complexity index is 706. The third kappa shape index (κ3) is 3.70. The Morgan fingerprint density at radius 1 is 1.25 bits per heavy atom. The zero-order chi connectivity index (χ0) is 16.9. The van der Waals surface area contributed by atoms with Crippen LogP contribution in [0.4, 0.5) is 5.13 Å². The molecule has 0 aliphatic heterocycles. The summed E-state index contributed by atoms with van der Waals surface area (Å²) in [6.45, 7) is 5.10. The summed E-state index contributed by atoms with van der Waals surface area (Å²) in [6.07, 6.45) is 4.17. The standard InChI is InChI=1S/C18H22N2O3S/c1-3-10-23-14-9-8-12(11-15(14)22-4-2)17(21)20-18-19-13-6-5-7-16(13)24-18/h8-9,11H,3-7,10H2,1-2H3,(H,19,20,21). The number of ether oxygens (including phenoxy) is 2. The topological polar surface area (TPSA) is 60.5 Å². The van der Waals surface area contributed by atoms with E-state index in [0.717, 1.165) is 25.0 Å². The summed E-state index contributed by atoms with van der Waals surface area (Å²) in [5, 5.41) is 3.57. The van der Waals surface area contributed by atoms with E-state index in [2.05, 4.69) is 10.3 Å². The number of amides is 1. The molecule has 0 atom stereocenters. The van der Waals surface area contributed by atoms with E-state index in [4.69, 9.17) is 9.47 Å². The lowest BCUT2D eigenvalue weighted by Gasteiger charge is -2.12. The van der Waals surface area contributed by atoms with Crippen LogP contribution < -0.4 is 14.8 Å². The van der Waals surface area contributed by atoms with Crippen LogP contribution in [0.1, 0.15) is 47.6 Å². The number of carbonyl (C=O) groups is 1. The highest BCUT2D eigenvalue weighted by molar-refractivity contribution is 7.16. The van der Waals surface area contributed by atoms with Crippen molar-refractivity contribution in [3.05, 3.63) is 34.3 Å². The van der Waals surface area contributed by atoms with Gasteiger partial charge in [0.1, 0.15) is 0 Å². The smallest absolute Gasteiger partial charge is 0.257 e. The van der Waals surface area contributed by atoms with E-state index >= 15 is 0 Å². The van der Waals surface area contributed by atoms with Crippen LogP contribution in [0.15, 0.2) is 18.2 Å². The maximum Gasteiger partial charge on any atom is 0.257 e. The Hall–Kier alpha value is -2.08. The molecule has 0 saturated heterocycles. The van der Waals surface area contributed by atoms with Crippen LogP contribution >= 0.6 is 11.3 Å². The molecule has 1 aliphatic rings. The van der Waals surface area contributed by atoms with Gasteiger partial charge in [-0.05, 0) is 50.8 Å². The number of hydrogen-bond acceptors (Lipinski definition) is 5. The third-order valence-corrected chi connectivity index (χ3v) is 4.86. The lowest BCUT2D eigenvalue weighted by molar-refractivity contribution is 0.102. The van der Waals surface area contributed by atoms with E-state index in [0.29, 0.717) is 35.4 Å². The van der Waals surface area contributed by atoms with Gasteiger partial charge in [0.05, 0.1) is 18.9 Å². The molecule has 0 radical (unpaired) electrons. The van der Waals surface area contributed by atoms with Crippen molar-refractivity contribution in [3.8, 4) is 11.5 Å². The van der Waals surface area contributed by atoms with Gasteiger partial charge in [-0.25, -0.2) is 4.98 Å². The summed E-state index contributed by atoms with van der Waals surface area (Å²) in [5.74, 6) is 1.09. The molecule has 0 saturated carbocycles. The predicted molar refractivity (Wildman–Crippen MR) is 95.5 cm³/mol. The third-order valence-electron chi connectivity index (χ3n) is 3.78. The number of nitrogens with zero attached hydrogens (tertiary/aromatic N) is 1. The molecule has 5 nitrogen and oxygen atoms in total. The van der Waals surface area contributed by atoms with Crippen LogP contribution in [-0.2, 0) is 12.8 Å². The van der Waals surface area contributed by atoms with Crippen LogP contribution in [0.2, 0.25) is 0 Å². The van der Waals surface area contributed by atoms with Crippen LogP contribution in [-0.4, -0.2) is 24.1 Å². The normalized spacial score (nSPS) is 12.8. The first kappa shape index (κ1) is 16.8. The van der Waals surface area contributed by atoms with E-state index in [1.165, 1.54) is 11.3 Å². The second-order valence-corrected chi connectivity index (χ2v) is 6.72. The number of aryl methyl sites for hydroxylation is 2. The largest absolute Gasteiger partial charge is 0.490 e. The minimum atomic E-state index is -0.176. The SMILES string of the molecule is CCCOc1ccc(C(=O)Nc2nc3c(s2)CCC3)cc1OCC. The Balaban J connectivity index is 1.74. The van der Waals surface area contributed by atoms with E-state index < -0.39 is 0 Å². The van der Waals surface area contributed by atoms with Crippen molar-refractivity contribution in [2.75, 3.05) is 18.5 Å². The van der Waals surface area contributed by atoms with Crippen molar-refractivity contribution < 1.29 is 14.3 Å². The van der Waals surface area contributed by atoms with Crippen LogP contribution in [0.25, 0.3) is 0 Å². The van der Waals surface area contributed by atoms with Crippen molar-refractivity contribution >= 4 is 22.4 Å². The maximum absolute atomic E-state index is 12.5. The molecule has 1 N–H and O–H groups in total. The van der Waals surface area contributed by atoms with Crippen LogP contribution in [0.5, 0.6) is 11.5 Å². The molecule has 0 unspecified atom stereocenters. The summed E-state index contributed by atoms with van der Waals surface area (Å²) < 4.78 is 11.3. The number of fused-ring (bicyclic) bond motifs is 1. The fraction of sp³-hybridized carbons (Fsp3) is 0.444. The molecule has 24 heavy (non-hydrogen) atoms. The molecule has 2 aromatic rings. The molecule has 1 aliphatic carbocycles. The first-order chi connectivity index (χ1) is 11.7. The van der Waals surface area contributed by atoms with Gasteiger partial charge in [0.25, 0.3) is 5.91 Å². The van der Waals surface area contributed by atoms with Crippen molar-refractivity contribution in [2.45, 2.75) is 39.5 Å². The summed E-state index contributed by atoms with van der Waals surface area (Å²) in [7, 11) is 0. The van der Waals surface area contributed by atoms with Gasteiger partial charge >= 0.3 is 0 Å². The maximum atomic E-state index is 12.5.